The van der Waals surface area contributed by atoms with E-state index in [0.29, 0.717) is 11.8 Å². The molecule has 0 fully saturated rings. The Hall–Kier alpha value is -2.26. The van der Waals surface area contributed by atoms with Crippen LogP contribution in [0.15, 0.2) is 53.4 Å². The number of carbonyl (C=O) groups excluding carboxylic acids is 1. The summed E-state index contributed by atoms with van der Waals surface area (Å²) in [7, 11) is -4.21. The SMILES string of the molecule is CC(C)(CCl)C(=O)Nc1ccc(NS(=O)(=O)c2cccc(C(F)(F)F)c2)cc1. The number of amides is 1. The van der Waals surface area contributed by atoms with Crippen LogP contribution in [0, 0.1) is 5.41 Å². The first-order valence-corrected chi connectivity index (χ1v) is 10.0. The van der Waals surface area contributed by atoms with Gasteiger partial charge in [-0.05, 0) is 56.3 Å². The average molecular weight is 435 g/mol. The highest BCUT2D eigenvalue weighted by molar-refractivity contribution is 7.92. The van der Waals surface area contributed by atoms with E-state index in [1.54, 1.807) is 13.8 Å². The van der Waals surface area contributed by atoms with Crippen molar-refractivity contribution < 1.29 is 26.4 Å². The van der Waals surface area contributed by atoms with Gasteiger partial charge < -0.3 is 5.32 Å². The van der Waals surface area contributed by atoms with Gasteiger partial charge in [-0.25, -0.2) is 8.42 Å². The van der Waals surface area contributed by atoms with Crippen LogP contribution >= 0.6 is 11.6 Å². The Morgan fingerprint density at radius 1 is 1.04 bits per heavy atom. The lowest BCUT2D eigenvalue weighted by atomic mass is 9.95. The minimum absolute atomic E-state index is 0.119. The second kappa shape index (κ2) is 8.00. The molecule has 0 saturated heterocycles. The monoisotopic (exact) mass is 434 g/mol. The van der Waals surface area contributed by atoms with Gasteiger partial charge >= 0.3 is 6.18 Å². The molecule has 0 aliphatic carbocycles. The number of halogens is 4. The Bertz CT molecular complexity index is 959. The van der Waals surface area contributed by atoms with E-state index < -0.39 is 32.1 Å². The second-order valence-corrected chi connectivity index (χ2v) is 8.63. The lowest BCUT2D eigenvalue weighted by molar-refractivity contribution is -0.137. The lowest BCUT2D eigenvalue weighted by Gasteiger charge is -2.20. The van der Waals surface area contributed by atoms with E-state index in [1.807, 2.05) is 0 Å². The van der Waals surface area contributed by atoms with Gasteiger partial charge in [0.2, 0.25) is 5.91 Å². The van der Waals surface area contributed by atoms with Crippen LogP contribution in [-0.2, 0) is 21.0 Å². The summed E-state index contributed by atoms with van der Waals surface area (Å²) in [6.07, 6.45) is -4.65. The molecular formula is C18H18ClF3N2O3S. The Labute approximate surface area is 166 Å². The van der Waals surface area contributed by atoms with Crippen molar-refractivity contribution in [3.8, 4) is 0 Å². The Morgan fingerprint density at radius 2 is 1.61 bits per heavy atom. The van der Waals surface area contributed by atoms with E-state index in [1.165, 1.54) is 24.3 Å². The van der Waals surface area contributed by atoms with Gasteiger partial charge in [-0.1, -0.05) is 6.07 Å². The molecule has 0 aromatic heterocycles. The molecule has 0 atom stereocenters. The quantitative estimate of drug-likeness (QED) is 0.646. The van der Waals surface area contributed by atoms with E-state index in [2.05, 4.69) is 10.0 Å². The average Bonchev–Trinajstić information content (AvgIpc) is 2.62. The smallest absolute Gasteiger partial charge is 0.326 e. The number of benzene rings is 2. The standard InChI is InChI=1S/C18H18ClF3N2O3S/c1-17(2,11-19)16(25)23-13-6-8-14(9-7-13)24-28(26,27)15-5-3-4-12(10-15)18(20,21)22/h3-10,24H,11H2,1-2H3,(H,23,25). The van der Waals surface area contributed by atoms with Gasteiger partial charge in [-0.2, -0.15) is 13.2 Å². The molecule has 0 bridgehead atoms. The summed E-state index contributed by atoms with van der Waals surface area (Å²) >= 11 is 5.74. The van der Waals surface area contributed by atoms with Gasteiger partial charge in [0.15, 0.2) is 0 Å². The number of anilines is 2. The molecule has 0 saturated carbocycles. The largest absolute Gasteiger partial charge is 0.416 e. The van der Waals surface area contributed by atoms with Crippen molar-refractivity contribution in [1.29, 1.82) is 0 Å². The molecule has 1 amide bonds. The third-order valence-corrected chi connectivity index (χ3v) is 5.86. The molecule has 152 valence electrons. The minimum Gasteiger partial charge on any atom is -0.326 e. The molecule has 0 unspecified atom stereocenters. The minimum atomic E-state index is -4.65. The molecule has 2 aromatic carbocycles. The zero-order chi connectivity index (χ0) is 21.2. The van der Waals surface area contributed by atoms with Crippen LogP contribution in [0.1, 0.15) is 19.4 Å². The normalized spacial score (nSPS) is 12.5. The van der Waals surface area contributed by atoms with E-state index in [9.17, 15) is 26.4 Å². The van der Waals surface area contributed by atoms with E-state index >= 15 is 0 Å². The van der Waals surface area contributed by atoms with Crippen LogP contribution in [0.5, 0.6) is 0 Å². The molecule has 0 spiro atoms. The molecule has 0 heterocycles. The summed E-state index contributed by atoms with van der Waals surface area (Å²) in [6.45, 7) is 3.35. The third kappa shape index (κ3) is 5.39. The molecule has 0 aliphatic rings. The maximum absolute atomic E-state index is 12.8. The fraction of sp³-hybridized carbons (Fsp3) is 0.278. The predicted molar refractivity (Wildman–Crippen MR) is 102 cm³/mol. The maximum Gasteiger partial charge on any atom is 0.416 e. The fourth-order valence-electron chi connectivity index (χ4n) is 2.04. The topological polar surface area (TPSA) is 75.3 Å². The molecule has 10 heteroatoms. The van der Waals surface area contributed by atoms with Crippen molar-refractivity contribution in [2.45, 2.75) is 24.9 Å². The van der Waals surface area contributed by atoms with E-state index in [0.717, 1.165) is 18.2 Å². The first-order valence-electron chi connectivity index (χ1n) is 8.03. The van der Waals surface area contributed by atoms with Crippen LogP contribution in [-0.4, -0.2) is 20.2 Å². The number of alkyl halides is 4. The number of nitrogens with one attached hydrogen (secondary N) is 2. The highest BCUT2D eigenvalue weighted by atomic mass is 35.5. The molecule has 5 nitrogen and oxygen atoms in total. The van der Waals surface area contributed by atoms with E-state index in [4.69, 9.17) is 11.6 Å². The van der Waals surface area contributed by atoms with Gasteiger partial charge in [0.1, 0.15) is 0 Å². The van der Waals surface area contributed by atoms with Crippen LogP contribution in [0.4, 0.5) is 24.5 Å². The Balaban J connectivity index is 2.16. The summed E-state index contributed by atoms with van der Waals surface area (Å²) in [5.74, 6) is -0.187. The number of hydrogen-bond donors (Lipinski definition) is 2. The Morgan fingerprint density at radius 3 is 2.14 bits per heavy atom. The van der Waals surface area contributed by atoms with Crippen molar-refractivity contribution >= 4 is 38.9 Å². The number of carbonyl (C=O) groups is 1. The molecule has 2 rings (SSSR count). The second-order valence-electron chi connectivity index (χ2n) is 6.68. The molecule has 0 radical (unpaired) electrons. The zero-order valence-electron chi connectivity index (χ0n) is 15.0. The third-order valence-electron chi connectivity index (χ3n) is 3.82. The molecule has 28 heavy (non-hydrogen) atoms. The van der Waals surface area contributed by atoms with Crippen molar-refractivity contribution in [3.05, 3.63) is 54.1 Å². The van der Waals surface area contributed by atoms with Crippen molar-refractivity contribution in [2.75, 3.05) is 15.9 Å². The van der Waals surface area contributed by atoms with Crippen molar-refractivity contribution in [1.82, 2.24) is 0 Å². The van der Waals surface area contributed by atoms with Crippen LogP contribution in [0.25, 0.3) is 0 Å². The van der Waals surface area contributed by atoms with Gasteiger partial charge in [-0.15, -0.1) is 11.6 Å². The van der Waals surface area contributed by atoms with Crippen molar-refractivity contribution in [2.24, 2.45) is 5.41 Å². The number of rotatable bonds is 6. The first-order chi connectivity index (χ1) is 12.8. The molecule has 2 N–H and O–H groups in total. The van der Waals surface area contributed by atoms with Crippen LogP contribution in [0.3, 0.4) is 0 Å². The molecule has 2 aromatic rings. The molecular weight excluding hydrogens is 417 g/mol. The van der Waals surface area contributed by atoms with Gasteiger partial charge in [0, 0.05) is 17.3 Å². The van der Waals surface area contributed by atoms with Gasteiger partial charge in [-0.3, -0.25) is 9.52 Å². The van der Waals surface area contributed by atoms with Crippen LogP contribution < -0.4 is 10.0 Å². The van der Waals surface area contributed by atoms with Crippen molar-refractivity contribution in [3.63, 3.8) is 0 Å². The zero-order valence-corrected chi connectivity index (χ0v) is 16.5. The summed E-state index contributed by atoms with van der Waals surface area (Å²) in [5.41, 5.74) is -1.29. The number of hydrogen-bond acceptors (Lipinski definition) is 3. The highest BCUT2D eigenvalue weighted by Crippen LogP contribution is 2.31. The summed E-state index contributed by atoms with van der Waals surface area (Å²) in [4.78, 5) is 11.6. The number of sulfonamides is 1. The fourth-order valence-corrected chi connectivity index (χ4v) is 3.26. The maximum atomic E-state index is 12.8. The highest BCUT2D eigenvalue weighted by Gasteiger charge is 2.31. The predicted octanol–water partition coefficient (Wildman–Crippen LogP) is 4.71. The van der Waals surface area contributed by atoms with Crippen LogP contribution in [0.2, 0.25) is 0 Å². The van der Waals surface area contributed by atoms with Gasteiger partial charge in [0.05, 0.1) is 15.9 Å². The van der Waals surface area contributed by atoms with E-state index in [-0.39, 0.29) is 17.5 Å². The Kier molecular flexibility index (Phi) is 6.30. The summed E-state index contributed by atoms with van der Waals surface area (Å²) in [5, 5.41) is 2.65. The lowest BCUT2D eigenvalue weighted by Crippen LogP contribution is -2.32. The summed E-state index contributed by atoms with van der Waals surface area (Å²) in [6, 6.07) is 9.14. The summed E-state index contributed by atoms with van der Waals surface area (Å²) < 4.78 is 65.3. The molecule has 0 aliphatic heterocycles. The van der Waals surface area contributed by atoms with Gasteiger partial charge in [0.25, 0.3) is 10.0 Å². The first kappa shape index (κ1) is 22.0.